The lowest BCUT2D eigenvalue weighted by Gasteiger charge is -2.10. The van der Waals surface area contributed by atoms with Gasteiger partial charge in [-0.05, 0) is 25.0 Å². The lowest BCUT2D eigenvalue weighted by molar-refractivity contribution is -0.136. The van der Waals surface area contributed by atoms with Gasteiger partial charge in [0, 0.05) is 6.61 Å². The summed E-state index contributed by atoms with van der Waals surface area (Å²) in [5, 5.41) is 11.3. The summed E-state index contributed by atoms with van der Waals surface area (Å²) in [6, 6.07) is 3.22. The minimum Gasteiger partial charge on any atom is -0.481 e. The molecule has 0 unspecified atom stereocenters. The van der Waals surface area contributed by atoms with Crippen molar-refractivity contribution in [2.45, 2.75) is 25.4 Å². The summed E-state index contributed by atoms with van der Waals surface area (Å²) in [6.45, 7) is 0.619. The third-order valence-corrected chi connectivity index (χ3v) is 2.65. The van der Waals surface area contributed by atoms with Crippen LogP contribution in [0.15, 0.2) is 18.3 Å². The molecule has 0 aromatic carbocycles. The number of pyridine rings is 1. The first kappa shape index (κ1) is 12.5. The Kier molecular flexibility index (Phi) is 3.88. The van der Waals surface area contributed by atoms with E-state index in [1.807, 2.05) is 0 Å². The highest BCUT2D eigenvalue weighted by atomic mass is 16.5. The summed E-state index contributed by atoms with van der Waals surface area (Å²) >= 11 is 0. The Morgan fingerprint density at radius 3 is 2.89 bits per heavy atom. The number of carbonyl (C=O) groups is 2. The van der Waals surface area contributed by atoms with E-state index in [1.54, 1.807) is 12.1 Å². The number of carboxylic acids is 1. The molecule has 1 aliphatic rings. The number of nitrogens with one attached hydrogen (secondary N) is 1. The van der Waals surface area contributed by atoms with E-state index in [1.165, 1.54) is 6.20 Å². The summed E-state index contributed by atoms with van der Waals surface area (Å²) < 4.78 is 5.25. The number of rotatable bonds is 4. The molecule has 0 bridgehead atoms. The van der Waals surface area contributed by atoms with Crippen LogP contribution in [0.4, 0.5) is 5.69 Å². The maximum Gasteiger partial charge on any atom is 0.309 e. The maximum atomic E-state index is 11.7. The quantitative estimate of drug-likeness (QED) is 0.826. The van der Waals surface area contributed by atoms with Gasteiger partial charge in [0.15, 0.2) is 0 Å². The van der Waals surface area contributed by atoms with Gasteiger partial charge >= 0.3 is 5.97 Å². The second-order valence-electron chi connectivity index (χ2n) is 4.10. The van der Waals surface area contributed by atoms with Crippen LogP contribution >= 0.6 is 0 Å². The number of carboxylic acid groups (broad SMARTS) is 1. The number of hydrogen-bond donors (Lipinski definition) is 2. The second kappa shape index (κ2) is 5.59. The van der Waals surface area contributed by atoms with E-state index >= 15 is 0 Å². The monoisotopic (exact) mass is 250 g/mol. The second-order valence-corrected chi connectivity index (χ2v) is 4.10. The van der Waals surface area contributed by atoms with Crippen molar-refractivity contribution < 1.29 is 19.4 Å². The average Bonchev–Trinajstić information content (AvgIpc) is 2.84. The Balaban J connectivity index is 1.93. The van der Waals surface area contributed by atoms with Crippen molar-refractivity contribution in [2.24, 2.45) is 0 Å². The van der Waals surface area contributed by atoms with Crippen molar-refractivity contribution in [3.8, 4) is 0 Å². The van der Waals surface area contributed by atoms with Gasteiger partial charge in [-0.1, -0.05) is 0 Å². The number of amides is 1. The highest BCUT2D eigenvalue weighted by Crippen LogP contribution is 2.15. The molecule has 1 aromatic rings. The fraction of sp³-hybridized carbons (Fsp3) is 0.417. The zero-order valence-corrected chi connectivity index (χ0v) is 9.76. The Morgan fingerprint density at radius 2 is 2.33 bits per heavy atom. The molecule has 1 atom stereocenters. The summed E-state index contributed by atoms with van der Waals surface area (Å²) in [5.74, 6) is -1.11. The lowest BCUT2D eigenvalue weighted by Crippen LogP contribution is -2.26. The molecular formula is C12H14N2O4. The molecule has 2 rings (SSSR count). The fourth-order valence-corrected chi connectivity index (χ4v) is 1.77. The van der Waals surface area contributed by atoms with E-state index in [2.05, 4.69) is 10.3 Å². The van der Waals surface area contributed by atoms with E-state index in [-0.39, 0.29) is 18.4 Å². The van der Waals surface area contributed by atoms with Gasteiger partial charge in [0.05, 0.1) is 24.0 Å². The van der Waals surface area contributed by atoms with Crippen LogP contribution in [0.5, 0.6) is 0 Å². The molecule has 6 nitrogen and oxygen atoms in total. The smallest absolute Gasteiger partial charge is 0.309 e. The largest absolute Gasteiger partial charge is 0.481 e. The number of anilines is 1. The summed E-state index contributed by atoms with van der Waals surface area (Å²) in [4.78, 5) is 26.2. The van der Waals surface area contributed by atoms with Gasteiger partial charge < -0.3 is 15.2 Å². The molecule has 18 heavy (non-hydrogen) atoms. The van der Waals surface area contributed by atoms with Gasteiger partial charge in [-0.3, -0.25) is 14.6 Å². The van der Waals surface area contributed by atoms with Crippen molar-refractivity contribution in [2.75, 3.05) is 11.9 Å². The summed E-state index contributed by atoms with van der Waals surface area (Å²) in [5.41, 5.74) is 1.00. The van der Waals surface area contributed by atoms with Gasteiger partial charge in [0.25, 0.3) is 5.91 Å². The van der Waals surface area contributed by atoms with Gasteiger partial charge in [0.1, 0.15) is 6.10 Å². The Labute approximate surface area is 104 Å². The third kappa shape index (κ3) is 3.27. The minimum absolute atomic E-state index is 0.125. The van der Waals surface area contributed by atoms with E-state index in [0.717, 1.165) is 12.8 Å². The van der Waals surface area contributed by atoms with Crippen molar-refractivity contribution >= 4 is 17.6 Å². The van der Waals surface area contributed by atoms with E-state index in [9.17, 15) is 9.59 Å². The highest BCUT2D eigenvalue weighted by Gasteiger charge is 2.23. The Morgan fingerprint density at radius 1 is 1.50 bits per heavy atom. The number of aliphatic carboxylic acids is 1. The lowest BCUT2D eigenvalue weighted by atomic mass is 10.2. The van der Waals surface area contributed by atoms with Crippen LogP contribution < -0.4 is 5.32 Å². The number of ether oxygens (including phenoxy) is 1. The van der Waals surface area contributed by atoms with Crippen molar-refractivity contribution in [3.05, 3.63) is 24.0 Å². The molecule has 1 fully saturated rings. The molecule has 1 aromatic heterocycles. The van der Waals surface area contributed by atoms with Crippen LogP contribution in [0.1, 0.15) is 18.5 Å². The first-order valence-electron chi connectivity index (χ1n) is 5.74. The molecule has 2 heterocycles. The SMILES string of the molecule is O=C(O)Cc1ccc(NC(=O)[C@@H]2CCCO2)cn1. The van der Waals surface area contributed by atoms with Gasteiger partial charge in [-0.15, -0.1) is 0 Å². The molecule has 96 valence electrons. The number of aromatic nitrogens is 1. The molecule has 1 saturated heterocycles. The predicted molar refractivity (Wildman–Crippen MR) is 63.2 cm³/mol. The first-order valence-corrected chi connectivity index (χ1v) is 5.74. The van der Waals surface area contributed by atoms with Crippen LogP contribution in [0, 0.1) is 0 Å². The van der Waals surface area contributed by atoms with E-state index in [4.69, 9.17) is 9.84 Å². The molecule has 0 spiro atoms. The average molecular weight is 250 g/mol. The number of nitrogens with zero attached hydrogens (tertiary/aromatic N) is 1. The zero-order chi connectivity index (χ0) is 13.0. The first-order chi connectivity index (χ1) is 8.65. The Hall–Kier alpha value is -1.95. The standard InChI is InChI=1S/C12H14N2O4/c15-11(16)6-8-3-4-9(7-13-8)14-12(17)10-2-1-5-18-10/h3-4,7,10H,1-2,5-6H2,(H,14,17)(H,15,16)/t10-/m0/s1. The normalized spacial score (nSPS) is 18.6. The van der Waals surface area contributed by atoms with E-state index in [0.29, 0.717) is 18.0 Å². The van der Waals surface area contributed by atoms with Crippen molar-refractivity contribution in [3.63, 3.8) is 0 Å². The van der Waals surface area contributed by atoms with Gasteiger partial charge in [0.2, 0.25) is 0 Å². The van der Waals surface area contributed by atoms with E-state index < -0.39 is 5.97 Å². The molecule has 0 aliphatic carbocycles. The van der Waals surface area contributed by atoms with Gasteiger partial charge in [-0.2, -0.15) is 0 Å². The minimum atomic E-state index is -0.932. The molecule has 0 saturated carbocycles. The van der Waals surface area contributed by atoms with Crippen molar-refractivity contribution in [1.82, 2.24) is 4.98 Å². The predicted octanol–water partition coefficient (Wildman–Crippen LogP) is 0.826. The van der Waals surface area contributed by atoms with Crippen LogP contribution in [-0.4, -0.2) is 34.7 Å². The molecule has 0 radical (unpaired) electrons. The van der Waals surface area contributed by atoms with Gasteiger partial charge in [-0.25, -0.2) is 0 Å². The molecule has 1 aliphatic heterocycles. The molecular weight excluding hydrogens is 236 g/mol. The fourth-order valence-electron chi connectivity index (χ4n) is 1.77. The van der Waals surface area contributed by atoms with Crippen LogP contribution in [0.25, 0.3) is 0 Å². The third-order valence-electron chi connectivity index (χ3n) is 2.65. The molecule has 2 N–H and O–H groups in total. The van der Waals surface area contributed by atoms with Crippen LogP contribution in [-0.2, 0) is 20.7 Å². The van der Waals surface area contributed by atoms with Crippen molar-refractivity contribution in [1.29, 1.82) is 0 Å². The maximum absolute atomic E-state index is 11.7. The number of carbonyl (C=O) groups excluding carboxylic acids is 1. The Bertz CT molecular complexity index is 438. The highest BCUT2D eigenvalue weighted by molar-refractivity contribution is 5.94. The van der Waals surface area contributed by atoms with Crippen LogP contribution in [0.3, 0.4) is 0 Å². The summed E-state index contributed by atoms with van der Waals surface area (Å²) in [6.07, 6.45) is 2.57. The molecule has 1 amide bonds. The zero-order valence-electron chi connectivity index (χ0n) is 9.76. The number of hydrogen-bond acceptors (Lipinski definition) is 4. The molecule has 6 heteroatoms. The topological polar surface area (TPSA) is 88.5 Å². The van der Waals surface area contributed by atoms with Crippen LogP contribution in [0.2, 0.25) is 0 Å². The summed E-state index contributed by atoms with van der Waals surface area (Å²) in [7, 11) is 0.